The summed E-state index contributed by atoms with van der Waals surface area (Å²) in [5.74, 6) is 0. The molecule has 1 fully saturated rings. The van der Waals surface area contributed by atoms with Crippen LogP contribution in [0.15, 0.2) is 0 Å². The molecule has 0 aromatic rings. The minimum Gasteiger partial charge on any atom is -0.305 e. The lowest BCUT2D eigenvalue weighted by Crippen LogP contribution is -2.54. The third-order valence-corrected chi connectivity index (χ3v) is 6.17. The summed E-state index contributed by atoms with van der Waals surface area (Å²) in [6.45, 7) is -0.187. The highest BCUT2D eigenvalue weighted by Crippen LogP contribution is 2.26. The van der Waals surface area contributed by atoms with Crippen LogP contribution in [0, 0.1) is 0 Å². The van der Waals surface area contributed by atoms with Gasteiger partial charge >= 0.3 is 6.18 Å². The van der Waals surface area contributed by atoms with Gasteiger partial charge in [-0.3, -0.25) is 0 Å². The molecular formula is C8H15F3N2O4S2. The molecule has 0 aromatic heterocycles. The Labute approximate surface area is 109 Å². The first kappa shape index (κ1) is 16.7. The number of piperidine rings is 1. The van der Waals surface area contributed by atoms with Gasteiger partial charge in [0.1, 0.15) is 6.04 Å². The lowest BCUT2D eigenvalue weighted by Gasteiger charge is -2.31. The molecule has 0 spiro atoms. The second-order valence-corrected chi connectivity index (χ2v) is 8.81. The van der Waals surface area contributed by atoms with Crippen molar-refractivity contribution in [3.63, 3.8) is 0 Å². The van der Waals surface area contributed by atoms with E-state index in [0.717, 1.165) is 6.26 Å². The third kappa shape index (κ3) is 6.06. The monoisotopic (exact) mass is 324 g/mol. The molecule has 19 heavy (non-hydrogen) atoms. The van der Waals surface area contributed by atoms with Crippen LogP contribution in [0.3, 0.4) is 0 Å². The first-order valence-corrected chi connectivity index (χ1v) is 9.08. The lowest BCUT2D eigenvalue weighted by atomic mass is 10.0. The number of halogens is 3. The van der Waals surface area contributed by atoms with Crippen LogP contribution in [0.4, 0.5) is 13.2 Å². The molecule has 0 amide bonds. The smallest absolute Gasteiger partial charge is 0.305 e. The molecule has 1 aliphatic heterocycles. The summed E-state index contributed by atoms with van der Waals surface area (Å²) in [4.78, 5) is 0. The van der Waals surface area contributed by atoms with E-state index in [2.05, 4.69) is 10.0 Å². The summed E-state index contributed by atoms with van der Waals surface area (Å²) in [7, 11) is -7.77. The quantitative estimate of drug-likeness (QED) is 0.733. The molecule has 0 bridgehead atoms. The molecule has 0 aromatic carbocycles. The van der Waals surface area contributed by atoms with Crippen LogP contribution in [-0.4, -0.2) is 53.0 Å². The van der Waals surface area contributed by atoms with Gasteiger partial charge in [-0.05, 0) is 12.8 Å². The van der Waals surface area contributed by atoms with Crippen molar-refractivity contribution in [2.75, 3.05) is 17.9 Å². The summed E-state index contributed by atoms with van der Waals surface area (Å²) in [6.07, 6.45) is -3.85. The summed E-state index contributed by atoms with van der Waals surface area (Å²) in [5.41, 5.74) is 0. The summed E-state index contributed by atoms with van der Waals surface area (Å²) < 4.78 is 83.8. The Hall–Kier alpha value is -0.390. The van der Waals surface area contributed by atoms with Gasteiger partial charge in [-0.25, -0.2) is 21.6 Å². The number of rotatable bonds is 4. The van der Waals surface area contributed by atoms with Gasteiger partial charge in [-0.1, -0.05) is 0 Å². The standard InChI is InChI=1S/C8H15F3N2O4S2/c1-18(14,15)5-19(16,17)13-6-2-3-7(12-4-6)8(9,10)11/h6-7,12-13H,2-5H2,1H3. The number of nitrogens with one attached hydrogen (secondary N) is 2. The first-order chi connectivity index (χ1) is 8.39. The molecule has 1 saturated heterocycles. The van der Waals surface area contributed by atoms with Crippen LogP contribution in [0.25, 0.3) is 0 Å². The number of hydrogen-bond donors (Lipinski definition) is 2. The van der Waals surface area contributed by atoms with Gasteiger partial charge in [-0.2, -0.15) is 13.2 Å². The molecule has 6 nitrogen and oxygen atoms in total. The van der Waals surface area contributed by atoms with Crippen molar-refractivity contribution in [3.8, 4) is 0 Å². The number of sulfonamides is 1. The maximum atomic E-state index is 12.3. The van der Waals surface area contributed by atoms with Crippen LogP contribution >= 0.6 is 0 Å². The number of sulfone groups is 1. The number of hydrogen-bond acceptors (Lipinski definition) is 5. The molecule has 0 saturated carbocycles. The zero-order chi connectivity index (χ0) is 14.9. The number of alkyl halides is 3. The summed E-state index contributed by atoms with van der Waals surface area (Å²) >= 11 is 0. The van der Waals surface area contributed by atoms with Gasteiger partial charge in [0.2, 0.25) is 10.0 Å². The van der Waals surface area contributed by atoms with E-state index in [-0.39, 0.29) is 19.4 Å². The average molecular weight is 324 g/mol. The highest BCUT2D eigenvalue weighted by Gasteiger charge is 2.41. The predicted molar refractivity (Wildman–Crippen MR) is 62.6 cm³/mol. The van der Waals surface area contributed by atoms with Gasteiger partial charge in [0.05, 0.1) is 0 Å². The fourth-order valence-electron chi connectivity index (χ4n) is 1.81. The van der Waals surface area contributed by atoms with E-state index >= 15 is 0 Å². The molecule has 114 valence electrons. The highest BCUT2D eigenvalue weighted by atomic mass is 32.3. The highest BCUT2D eigenvalue weighted by molar-refractivity contribution is 8.06. The zero-order valence-electron chi connectivity index (χ0n) is 10.1. The maximum absolute atomic E-state index is 12.3. The van der Waals surface area contributed by atoms with Gasteiger partial charge in [-0.15, -0.1) is 0 Å². The van der Waals surface area contributed by atoms with Gasteiger partial charge in [0.25, 0.3) is 0 Å². The first-order valence-electron chi connectivity index (χ1n) is 5.37. The van der Waals surface area contributed by atoms with E-state index in [1.165, 1.54) is 0 Å². The largest absolute Gasteiger partial charge is 0.403 e. The second kappa shape index (κ2) is 5.54. The van der Waals surface area contributed by atoms with Crippen molar-refractivity contribution in [1.29, 1.82) is 0 Å². The van der Waals surface area contributed by atoms with Crippen LogP contribution in [0.2, 0.25) is 0 Å². The molecule has 2 unspecified atom stereocenters. The Morgan fingerprint density at radius 3 is 2.16 bits per heavy atom. The Bertz CT molecular complexity index is 507. The van der Waals surface area contributed by atoms with Crippen molar-refractivity contribution in [2.45, 2.75) is 31.1 Å². The average Bonchev–Trinajstić information content (AvgIpc) is 2.11. The van der Waals surface area contributed by atoms with E-state index < -0.39 is 43.2 Å². The minimum atomic E-state index is -4.36. The van der Waals surface area contributed by atoms with E-state index in [0.29, 0.717) is 0 Å². The predicted octanol–water partition coefficient (Wildman–Crippen LogP) is -0.409. The van der Waals surface area contributed by atoms with E-state index in [9.17, 15) is 30.0 Å². The van der Waals surface area contributed by atoms with E-state index in [1.54, 1.807) is 0 Å². The fourth-order valence-corrected chi connectivity index (χ4v) is 5.04. The second-order valence-electron chi connectivity index (χ2n) is 4.55. The third-order valence-electron chi connectivity index (χ3n) is 2.53. The maximum Gasteiger partial charge on any atom is 0.403 e. The van der Waals surface area contributed by atoms with E-state index in [4.69, 9.17) is 0 Å². The van der Waals surface area contributed by atoms with Crippen LogP contribution in [0.1, 0.15) is 12.8 Å². The van der Waals surface area contributed by atoms with Crippen LogP contribution in [0.5, 0.6) is 0 Å². The molecule has 11 heteroatoms. The van der Waals surface area contributed by atoms with Gasteiger partial charge in [0.15, 0.2) is 14.9 Å². The van der Waals surface area contributed by atoms with Gasteiger partial charge in [0, 0.05) is 18.8 Å². The van der Waals surface area contributed by atoms with Gasteiger partial charge < -0.3 is 5.32 Å². The van der Waals surface area contributed by atoms with Crippen molar-refractivity contribution in [1.82, 2.24) is 10.0 Å². The molecule has 2 N–H and O–H groups in total. The molecule has 2 atom stereocenters. The summed E-state index contributed by atoms with van der Waals surface area (Å²) in [5, 5.41) is 1.12. The van der Waals surface area contributed by atoms with Crippen molar-refractivity contribution in [2.24, 2.45) is 0 Å². The Morgan fingerprint density at radius 2 is 1.79 bits per heavy atom. The Morgan fingerprint density at radius 1 is 1.21 bits per heavy atom. The topological polar surface area (TPSA) is 92.3 Å². The molecule has 0 aliphatic carbocycles. The van der Waals surface area contributed by atoms with E-state index in [1.807, 2.05) is 0 Å². The Kier molecular flexibility index (Phi) is 4.86. The summed E-state index contributed by atoms with van der Waals surface area (Å²) in [6, 6.07) is -2.38. The van der Waals surface area contributed by atoms with Crippen molar-refractivity contribution in [3.05, 3.63) is 0 Å². The SMILES string of the molecule is CS(=O)(=O)CS(=O)(=O)NC1CCC(C(F)(F)F)NC1. The zero-order valence-corrected chi connectivity index (χ0v) is 11.7. The van der Waals surface area contributed by atoms with Crippen molar-refractivity contribution < 1.29 is 30.0 Å². The molecular weight excluding hydrogens is 309 g/mol. The van der Waals surface area contributed by atoms with Crippen LogP contribution < -0.4 is 10.0 Å². The van der Waals surface area contributed by atoms with Crippen LogP contribution in [-0.2, 0) is 19.9 Å². The van der Waals surface area contributed by atoms with Crippen molar-refractivity contribution >= 4 is 19.9 Å². The normalized spacial score (nSPS) is 26.3. The molecule has 1 rings (SSSR count). The fraction of sp³-hybridized carbons (Fsp3) is 1.00. The molecule has 0 radical (unpaired) electrons. The lowest BCUT2D eigenvalue weighted by molar-refractivity contribution is -0.160. The molecule has 1 heterocycles. The minimum absolute atomic E-state index is 0.000167. The Balaban J connectivity index is 2.54. The molecule has 1 aliphatic rings.